The Morgan fingerprint density at radius 2 is 1.65 bits per heavy atom. The second kappa shape index (κ2) is 8.05. The molecule has 1 aliphatic rings. The van der Waals surface area contributed by atoms with Gasteiger partial charge in [0.1, 0.15) is 30.5 Å². The van der Waals surface area contributed by atoms with Gasteiger partial charge in [-0.2, -0.15) is 0 Å². The maximum atomic E-state index is 10.7. The number of fused-ring (bicyclic) bond motifs is 1. The van der Waals surface area contributed by atoms with Crippen molar-refractivity contribution in [1.82, 2.24) is 19.5 Å². The van der Waals surface area contributed by atoms with Crippen molar-refractivity contribution >= 4 is 22.7 Å². The molecule has 0 bridgehead atoms. The van der Waals surface area contributed by atoms with Crippen molar-refractivity contribution in [3.8, 4) is 11.4 Å². The largest absolute Gasteiger partial charge is 0.394 e. The molecule has 4 N–H and O–H groups in total. The zero-order valence-corrected chi connectivity index (χ0v) is 16.4. The lowest BCUT2D eigenvalue weighted by molar-refractivity contribution is -0.0503. The monoisotopic (exact) mass is 419 g/mol. The minimum absolute atomic E-state index is 0.419. The Balaban J connectivity index is 1.69. The predicted octanol–water partition coefficient (Wildman–Crippen LogP) is 1.85. The van der Waals surface area contributed by atoms with Crippen LogP contribution in [0.2, 0.25) is 0 Å². The van der Waals surface area contributed by atoms with E-state index >= 15 is 0 Å². The van der Waals surface area contributed by atoms with Gasteiger partial charge in [-0.25, -0.2) is 15.0 Å². The van der Waals surface area contributed by atoms with E-state index in [4.69, 9.17) is 9.72 Å². The first-order valence-corrected chi connectivity index (χ1v) is 9.90. The van der Waals surface area contributed by atoms with Crippen LogP contribution in [-0.2, 0) is 4.74 Å². The molecule has 0 saturated carbocycles. The SMILES string of the molecule is OC[C@H]1O[C@@H](n2c(-c3ccccc3)nc3c(Nc4ccccc4)ncnc32)[C@H](O)[C@@H]1O. The minimum Gasteiger partial charge on any atom is -0.394 e. The lowest BCUT2D eigenvalue weighted by Crippen LogP contribution is -2.33. The molecular weight excluding hydrogens is 398 g/mol. The van der Waals surface area contributed by atoms with Gasteiger partial charge in [-0.05, 0) is 12.1 Å². The summed E-state index contributed by atoms with van der Waals surface area (Å²) in [6.07, 6.45) is -2.99. The van der Waals surface area contributed by atoms with Crippen LogP contribution in [0.5, 0.6) is 0 Å². The third kappa shape index (κ3) is 3.43. The highest BCUT2D eigenvalue weighted by Gasteiger charge is 2.45. The van der Waals surface area contributed by atoms with Gasteiger partial charge in [-0.3, -0.25) is 4.57 Å². The number of imidazole rings is 1. The van der Waals surface area contributed by atoms with Crippen molar-refractivity contribution in [3.63, 3.8) is 0 Å². The summed E-state index contributed by atoms with van der Waals surface area (Å²) in [4.78, 5) is 13.5. The van der Waals surface area contributed by atoms with E-state index in [1.54, 1.807) is 4.57 Å². The fraction of sp³-hybridized carbons (Fsp3) is 0.227. The van der Waals surface area contributed by atoms with Crippen molar-refractivity contribution in [2.45, 2.75) is 24.5 Å². The Bertz CT molecular complexity index is 1180. The number of benzene rings is 2. The van der Waals surface area contributed by atoms with Crippen LogP contribution in [0.15, 0.2) is 67.0 Å². The third-order valence-corrected chi connectivity index (χ3v) is 5.32. The number of hydrogen-bond acceptors (Lipinski definition) is 8. The second-order valence-electron chi connectivity index (χ2n) is 7.29. The van der Waals surface area contributed by atoms with Crippen LogP contribution in [0.3, 0.4) is 0 Å². The molecule has 2 aromatic carbocycles. The fourth-order valence-electron chi connectivity index (χ4n) is 3.78. The van der Waals surface area contributed by atoms with Gasteiger partial charge in [-0.1, -0.05) is 48.5 Å². The summed E-state index contributed by atoms with van der Waals surface area (Å²) in [7, 11) is 0. The van der Waals surface area contributed by atoms with Gasteiger partial charge < -0.3 is 25.4 Å². The number of anilines is 2. The first-order valence-electron chi connectivity index (χ1n) is 9.90. The fourth-order valence-corrected chi connectivity index (χ4v) is 3.78. The highest BCUT2D eigenvalue weighted by Crippen LogP contribution is 2.37. The lowest BCUT2D eigenvalue weighted by Gasteiger charge is -2.19. The van der Waals surface area contributed by atoms with Crippen LogP contribution < -0.4 is 5.32 Å². The Morgan fingerprint density at radius 3 is 2.32 bits per heavy atom. The molecule has 2 aromatic heterocycles. The first-order chi connectivity index (χ1) is 15.2. The van der Waals surface area contributed by atoms with Crippen LogP contribution in [0.25, 0.3) is 22.6 Å². The molecule has 0 aliphatic carbocycles. The van der Waals surface area contributed by atoms with E-state index in [9.17, 15) is 15.3 Å². The Labute approximate surface area is 177 Å². The third-order valence-electron chi connectivity index (χ3n) is 5.32. The molecule has 9 nitrogen and oxygen atoms in total. The van der Waals surface area contributed by atoms with E-state index < -0.39 is 31.1 Å². The quantitative estimate of drug-likeness (QED) is 0.386. The van der Waals surface area contributed by atoms with E-state index in [-0.39, 0.29) is 0 Å². The highest BCUT2D eigenvalue weighted by atomic mass is 16.6. The summed E-state index contributed by atoms with van der Waals surface area (Å²) in [5, 5.41) is 33.7. The molecule has 5 rings (SSSR count). The summed E-state index contributed by atoms with van der Waals surface area (Å²) >= 11 is 0. The maximum Gasteiger partial charge on any atom is 0.168 e. The molecule has 1 aliphatic heterocycles. The highest BCUT2D eigenvalue weighted by molar-refractivity contribution is 5.88. The van der Waals surface area contributed by atoms with Crippen molar-refractivity contribution in [1.29, 1.82) is 0 Å². The number of rotatable bonds is 5. The van der Waals surface area contributed by atoms with Crippen LogP contribution in [0.1, 0.15) is 6.23 Å². The van der Waals surface area contributed by atoms with E-state index in [1.165, 1.54) is 6.33 Å². The smallest absolute Gasteiger partial charge is 0.168 e. The molecule has 1 saturated heterocycles. The zero-order chi connectivity index (χ0) is 21.4. The average molecular weight is 419 g/mol. The van der Waals surface area contributed by atoms with Crippen molar-refractivity contribution < 1.29 is 20.1 Å². The molecule has 3 heterocycles. The van der Waals surface area contributed by atoms with Crippen molar-refractivity contribution in [3.05, 3.63) is 67.0 Å². The van der Waals surface area contributed by atoms with E-state index in [2.05, 4.69) is 15.3 Å². The number of aliphatic hydroxyl groups is 3. The molecule has 31 heavy (non-hydrogen) atoms. The van der Waals surface area contributed by atoms with Crippen LogP contribution in [-0.4, -0.2) is 59.8 Å². The van der Waals surface area contributed by atoms with Crippen molar-refractivity contribution in [2.75, 3.05) is 11.9 Å². The summed E-state index contributed by atoms with van der Waals surface area (Å²) in [6.45, 7) is -0.419. The summed E-state index contributed by atoms with van der Waals surface area (Å²) in [5.41, 5.74) is 2.54. The Kier molecular flexibility index (Phi) is 5.08. The number of nitrogens with zero attached hydrogens (tertiary/aromatic N) is 4. The Hall–Kier alpha value is -3.37. The number of aromatic nitrogens is 4. The van der Waals surface area contributed by atoms with Gasteiger partial charge in [0.25, 0.3) is 0 Å². The van der Waals surface area contributed by atoms with E-state index in [0.29, 0.717) is 22.8 Å². The molecule has 0 radical (unpaired) electrons. The summed E-state index contributed by atoms with van der Waals surface area (Å²) in [5.74, 6) is 1.00. The van der Waals surface area contributed by atoms with Gasteiger partial charge in [0, 0.05) is 11.3 Å². The first kappa shape index (κ1) is 19.6. The van der Waals surface area contributed by atoms with Crippen molar-refractivity contribution in [2.24, 2.45) is 0 Å². The molecule has 0 amide bonds. The molecular formula is C22H21N5O4. The van der Waals surface area contributed by atoms with Gasteiger partial charge in [0.15, 0.2) is 23.2 Å². The number of nitrogens with one attached hydrogen (secondary N) is 1. The lowest BCUT2D eigenvalue weighted by atomic mass is 10.1. The van der Waals surface area contributed by atoms with E-state index in [0.717, 1.165) is 11.3 Å². The maximum absolute atomic E-state index is 10.7. The van der Waals surface area contributed by atoms with Gasteiger partial charge in [0.05, 0.1) is 6.61 Å². The van der Waals surface area contributed by atoms with Crippen LogP contribution >= 0.6 is 0 Å². The van der Waals surface area contributed by atoms with Crippen LogP contribution in [0.4, 0.5) is 11.5 Å². The number of hydrogen-bond donors (Lipinski definition) is 4. The molecule has 0 spiro atoms. The van der Waals surface area contributed by atoms with E-state index in [1.807, 2.05) is 60.7 Å². The molecule has 0 unspecified atom stereocenters. The average Bonchev–Trinajstić information content (AvgIpc) is 3.33. The van der Waals surface area contributed by atoms with Gasteiger partial charge >= 0.3 is 0 Å². The molecule has 4 aromatic rings. The Morgan fingerprint density at radius 1 is 0.935 bits per heavy atom. The summed E-state index contributed by atoms with van der Waals surface area (Å²) < 4.78 is 7.44. The zero-order valence-electron chi connectivity index (χ0n) is 16.4. The molecule has 4 atom stereocenters. The standard InChI is InChI=1S/C22H21N5O4/c28-11-15-17(29)18(30)22(31-15)27-20(13-7-3-1-4-8-13)26-16-19(23-12-24-21(16)27)25-14-9-5-2-6-10-14/h1-10,12,15,17-18,22,28-30H,11H2,(H,23,24,25)/t15-,17-,18-,22-/m1/s1. The minimum atomic E-state index is -1.27. The van der Waals surface area contributed by atoms with Crippen LogP contribution in [0, 0.1) is 0 Å². The summed E-state index contributed by atoms with van der Waals surface area (Å²) in [6, 6.07) is 19.0. The van der Waals surface area contributed by atoms with Gasteiger partial charge in [0.2, 0.25) is 0 Å². The predicted molar refractivity (Wildman–Crippen MR) is 113 cm³/mol. The number of aliphatic hydroxyl groups excluding tert-OH is 3. The molecule has 1 fully saturated rings. The number of para-hydroxylation sites is 1. The topological polar surface area (TPSA) is 126 Å². The normalized spacial score (nSPS) is 23.3. The van der Waals surface area contributed by atoms with Gasteiger partial charge in [-0.15, -0.1) is 0 Å². The second-order valence-corrected chi connectivity index (χ2v) is 7.29. The molecule has 9 heteroatoms. The number of ether oxygens (including phenoxy) is 1. The molecule has 158 valence electrons.